The summed E-state index contributed by atoms with van der Waals surface area (Å²) in [7, 11) is 0. The van der Waals surface area contributed by atoms with Crippen LogP contribution in [0.4, 0.5) is 18.0 Å². The van der Waals surface area contributed by atoms with Crippen LogP contribution in [0.25, 0.3) is 21.6 Å². The molecule has 1 saturated heterocycles. The number of aliphatic hydroxyl groups is 1. The number of alkyl carbamates (subject to hydrolysis) is 1. The Morgan fingerprint density at radius 3 is 2.27 bits per heavy atom. The van der Waals surface area contributed by atoms with E-state index in [1.54, 1.807) is 5.51 Å². The topological polar surface area (TPSA) is 121 Å². The van der Waals surface area contributed by atoms with E-state index in [2.05, 4.69) is 15.6 Å². The number of hydrogen-bond acceptors (Lipinski definition) is 7. The summed E-state index contributed by atoms with van der Waals surface area (Å²) in [5.41, 5.74) is 8.19. The molecule has 0 spiro atoms. The number of amides is 3. The first-order chi connectivity index (χ1) is 23.0. The largest absolute Gasteiger partial charge is 0.449 e. The van der Waals surface area contributed by atoms with Crippen LogP contribution < -0.4 is 10.6 Å². The first-order valence-corrected chi connectivity index (χ1v) is 16.3. The fraction of sp³-hybridized carbons (Fsp3) is 0.314. The summed E-state index contributed by atoms with van der Waals surface area (Å²) in [6.45, 7) is 1.49. The highest BCUT2D eigenvalue weighted by Crippen LogP contribution is 2.44. The first kappa shape index (κ1) is 33.2. The number of carbonyl (C=O) groups is 3. The number of benzene rings is 3. The van der Waals surface area contributed by atoms with Crippen LogP contribution in [-0.4, -0.2) is 70.4 Å². The second-order valence-corrected chi connectivity index (χ2v) is 12.8. The molecule has 48 heavy (non-hydrogen) atoms. The standard InChI is InChI=1S/C35H33F3N4O5S/c1-20-31(48-19-40-20)22-12-10-21(11-13-22)16-39-32(44)30-14-23(43)17-42(30)33(45)29(15-35(36,37)38)41-34(46)47-18-28-26-8-4-2-6-24(26)25-7-3-5-9-27(25)28/h2-13,19,23,28-30,43H,14-18H2,1H3,(H,39,44)(H,41,46)/t23-,29+,30+/m1/s1. The van der Waals surface area contributed by atoms with Gasteiger partial charge in [0, 0.05) is 25.4 Å². The quantitative estimate of drug-likeness (QED) is 0.213. The first-order valence-electron chi connectivity index (χ1n) is 15.4. The van der Waals surface area contributed by atoms with Gasteiger partial charge >= 0.3 is 12.3 Å². The number of aliphatic hydroxyl groups excluding tert-OH is 1. The number of rotatable bonds is 9. The summed E-state index contributed by atoms with van der Waals surface area (Å²) < 4.78 is 46.4. The Morgan fingerprint density at radius 1 is 1.02 bits per heavy atom. The van der Waals surface area contributed by atoms with Gasteiger partial charge in [-0.05, 0) is 40.3 Å². The van der Waals surface area contributed by atoms with Gasteiger partial charge in [0.25, 0.3) is 0 Å². The molecule has 1 aliphatic carbocycles. The zero-order valence-electron chi connectivity index (χ0n) is 25.9. The number of thiazole rings is 1. The van der Waals surface area contributed by atoms with Crippen LogP contribution in [0.15, 0.2) is 78.3 Å². The number of ether oxygens (including phenoxy) is 1. The number of halogens is 3. The SMILES string of the molecule is Cc1ncsc1-c1ccc(CNC(=O)[C@@H]2C[C@@H](O)CN2C(=O)[C@H](CC(F)(F)F)NC(=O)OCC2c3ccccc3-c3ccccc32)cc1. The number of β-amino-alcohol motifs (C(OH)–C–C–N with tert-alkyl or cyclic N) is 1. The Morgan fingerprint density at radius 2 is 1.67 bits per heavy atom. The molecule has 2 aliphatic rings. The summed E-state index contributed by atoms with van der Waals surface area (Å²) in [4.78, 5) is 45.8. The van der Waals surface area contributed by atoms with Gasteiger partial charge in [0.1, 0.15) is 18.7 Å². The Balaban J connectivity index is 1.10. The number of fused-ring (bicyclic) bond motifs is 3. The normalized spacial score (nSPS) is 17.8. The molecule has 3 aromatic carbocycles. The lowest BCUT2D eigenvalue weighted by Crippen LogP contribution is -2.54. The van der Waals surface area contributed by atoms with Crippen LogP contribution >= 0.6 is 11.3 Å². The number of carbonyl (C=O) groups excluding carboxylic acids is 3. The molecule has 0 bridgehead atoms. The molecular weight excluding hydrogens is 645 g/mol. The van der Waals surface area contributed by atoms with Gasteiger partial charge in [-0.25, -0.2) is 9.78 Å². The van der Waals surface area contributed by atoms with Gasteiger partial charge in [0.15, 0.2) is 0 Å². The molecule has 3 amide bonds. The van der Waals surface area contributed by atoms with Crippen LogP contribution in [0.5, 0.6) is 0 Å². The van der Waals surface area contributed by atoms with E-state index in [-0.39, 0.29) is 32.0 Å². The molecular formula is C35H33F3N4O5S. The average Bonchev–Trinajstić information content (AvgIpc) is 3.76. The van der Waals surface area contributed by atoms with E-state index >= 15 is 0 Å². The second-order valence-electron chi connectivity index (χ2n) is 11.9. The molecule has 0 radical (unpaired) electrons. The molecule has 250 valence electrons. The van der Waals surface area contributed by atoms with Crippen molar-refractivity contribution in [3.63, 3.8) is 0 Å². The molecule has 2 heterocycles. The number of likely N-dealkylation sites (tertiary alicyclic amines) is 1. The molecule has 3 N–H and O–H groups in total. The third-order valence-electron chi connectivity index (χ3n) is 8.66. The third-order valence-corrected chi connectivity index (χ3v) is 9.64. The minimum Gasteiger partial charge on any atom is -0.449 e. The molecule has 0 unspecified atom stereocenters. The lowest BCUT2D eigenvalue weighted by Gasteiger charge is -2.29. The number of alkyl halides is 3. The van der Waals surface area contributed by atoms with E-state index in [9.17, 15) is 32.7 Å². The highest BCUT2D eigenvalue weighted by Gasteiger charge is 2.45. The summed E-state index contributed by atoms with van der Waals surface area (Å²) in [5, 5.41) is 15.2. The monoisotopic (exact) mass is 678 g/mol. The van der Waals surface area contributed by atoms with Crippen molar-refractivity contribution < 1.29 is 37.4 Å². The van der Waals surface area contributed by atoms with E-state index in [4.69, 9.17) is 4.74 Å². The number of aryl methyl sites for hydroxylation is 1. The van der Waals surface area contributed by atoms with Crippen LogP contribution in [0, 0.1) is 6.92 Å². The van der Waals surface area contributed by atoms with Gasteiger partial charge in [0.2, 0.25) is 11.8 Å². The Kier molecular flexibility index (Phi) is 9.51. The Bertz CT molecular complexity index is 1770. The van der Waals surface area contributed by atoms with E-state index < -0.39 is 48.7 Å². The van der Waals surface area contributed by atoms with Gasteiger partial charge in [-0.15, -0.1) is 11.3 Å². The minimum absolute atomic E-state index is 0.0966. The second kappa shape index (κ2) is 13.8. The highest BCUT2D eigenvalue weighted by atomic mass is 32.1. The van der Waals surface area contributed by atoms with Crippen molar-refractivity contribution in [2.45, 2.75) is 56.6 Å². The average molecular weight is 679 g/mol. The van der Waals surface area contributed by atoms with Gasteiger partial charge in [-0.1, -0.05) is 72.8 Å². The van der Waals surface area contributed by atoms with E-state index in [1.807, 2.05) is 79.7 Å². The van der Waals surface area contributed by atoms with Gasteiger partial charge in [0.05, 0.1) is 28.6 Å². The van der Waals surface area contributed by atoms with Crippen LogP contribution in [0.3, 0.4) is 0 Å². The van der Waals surface area contributed by atoms with Crippen molar-refractivity contribution in [3.8, 4) is 21.6 Å². The third kappa shape index (κ3) is 7.21. The molecule has 9 nitrogen and oxygen atoms in total. The molecule has 1 aliphatic heterocycles. The minimum atomic E-state index is -4.82. The van der Waals surface area contributed by atoms with Gasteiger partial charge in [-0.2, -0.15) is 13.2 Å². The number of nitrogens with one attached hydrogen (secondary N) is 2. The molecule has 6 rings (SSSR count). The van der Waals surface area contributed by atoms with E-state index in [0.717, 1.165) is 48.9 Å². The maximum absolute atomic E-state index is 13.7. The summed E-state index contributed by atoms with van der Waals surface area (Å²) in [5.74, 6) is -2.11. The number of aromatic nitrogens is 1. The van der Waals surface area contributed by atoms with Crippen molar-refractivity contribution in [1.29, 1.82) is 0 Å². The zero-order valence-corrected chi connectivity index (χ0v) is 26.7. The van der Waals surface area contributed by atoms with Crippen molar-refractivity contribution >= 4 is 29.2 Å². The van der Waals surface area contributed by atoms with Crippen LogP contribution in [0.2, 0.25) is 0 Å². The van der Waals surface area contributed by atoms with Crippen molar-refractivity contribution in [2.24, 2.45) is 0 Å². The maximum Gasteiger partial charge on any atom is 0.407 e. The smallest absolute Gasteiger partial charge is 0.407 e. The zero-order chi connectivity index (χ0) is 34.0. The molecule has 0 saturated carbocycles. The van der Waals surface area contributed by atoms with Crippen molar-refractivity contribution in [1.82, 2.24) is 20.5 Å². The Hall–Kier alpha value is -4.75. The predicted octanol–water partition coefficient (Wildman–Crippen LogP) is 5.56. The van der Waals surface area contributed by atoms with E-state index in [0.29, 0.717) is 0 Å². The van der Waals surface area contributed by atoms with E-state index in [1.165, 1.54) is 11.3 Å². The van der Waals surface area contributed by atoms with Crippen LogP contribution in [0.1, 0.15) is 41.1 Å². The lowest BCUT2D eigenvalue weighted by molar-refractivity contribution is -0.155. The fourth-order valence-electron chi connectivity index (χ4n) is 6.38. The maximum atomic E-state index is 13.7. The lowest BCUT2D eigenvalue weighted by atomic mass is 9.98. The summed E-state index contributed by atoms with van der Waals surface area (Å²) in [6, 6.07) is 19.4. The summed E-state index contributed by atoms with van der Waals surface area (Å²) >= 11 is 1.51. The molecule has 3 atom stereocenters. The molecule has 1 aromatic heterocycles. The number of nitrogens with zero attached hydrogens (tertiary/aromatic N) is 2. The predicted molar refractivity (Wildman–Crippen MR) is 173 cm³/mol. The van der Waals surface area contributed by atoms with Gasteiger partial charge < -0.3 is 25.4 Å². The van der Waals surface area contributed by atoms with Crippen molar-refractivity contribution in [2.75, 3.05) is 13.2 Å². The molecule has 13 heteroatoms. The number of hydrogen-bond donors (Lipinski definition) is 3. The highest BCUT2D eigenvalue weighted by molar-refractivity contribution is 7.13. The van der Waals surface area contributed by atoms with Crippen molar-refractivity contribution in [3.05, 3.63) is 101 Å². The summed E-state index contributed by atoms with van der Waals surface area (Å²) in [6.07, 6.45) is -8.99. The molecule has 4 aromatic rings. The van der Waals surface area contributed by atoms with Crippen LogP contribution in [-0.2, 0) is 20.9 Å². The molecule has 1 fully saturated rings. The van der Waals surface area contributed by atoms with Gasteiger partial charge in [-0.3, -0.25) is 9.59 Å². The fourth-order valence-corrected chi connectivity index (χ4v) is 7.19. The Labute approximate surface area is 278 Å².